The number of benzene rings is 1. The summed E-state index contributed by atoms with van der Waals surface area (Å²) in [5.41, 5.74) is 0.238. The third-order valence-electron chi connectivity index (χ3n) is 2.93. The summed E-state index contributed by atoms with van der Waals surface area (Å²) in [7, 11) is 1.33. The monoisotopic (exact) mass is 421 g/mol. The Morgan fingerprint density at radius 1 is 1.36 bits per heavy atom. The molecule has 1 saturated heterocycles. The van der Waals surface area contributed by atoms with Crippen LogP contribution in [-0.2, 0) is 13.8 Å². The third kappa shape index (κ3) is 4.05. The largest absolute Gasteiger partial charge is 0.573 e. The van der Waals surface area contributed by atoms with E-state index in [1.54, 1.807) is 0 Å². The first-order valence-corrected chi connectivity index (χ1v) is 8.93. The number of carbonyl (C=O) groups excluding carboxylic acids is 1. The molecule has 1 atom stereocenters. The van der Waals surface area contributed by atoms with E-state index in [1.165, 1.54) is 6.07 Å². The van der Waals surface area contributed by atoms with Crippen LogP contribution < -0.4 is 9.64 Å². The van der Waals surface area contributed by atoms with Crippen molar-refractivity contribution in [2.24, 2.45) is 0 Å². The Labute approximate surface area is 136 Å². The van der Waals surface area contributed by atoms with E-state index in [0.29, 0.717) is 0 Å². The lowest BCUT2D eigenvalue weighted by Gasteiger charge is -2.19. The van der Waals surface area contributed by atoms with E-state index in [1.807, 2.05) is 0 Å². The number of halogens is 5. The van der Waals surface area contributed by atoms with Crippen molar-refractivity contribution in [1.29, 1.82) is 0 Å². The topological polar surface area (TPSA) is 63.7 Å². The number of nitrogens with zero attached hydrogens (tertiary/aromatic N) is 1. The molecule has 1 amide bonds. The second kappa shape index (κ2) is 5.89. The Hall–Kier alpha value is -1.00. The van der Waals surface area contributed by atoms with Crippen molar-refractivity contribution < 1.29 is 31.1 Å². The highest BCUT2D eigenvalue weighted by molar-refractivity contribution is 9.10. The Morgan fingerprint density at radius 2 is 2.00 bits per heavy atom. The van der Waals surface area contributed by atoms with Gasteiger partial charge in [-0.25, -0.2) is 8.42 Å². The van der Waals surface area contributed by atoms with Gasteiger partial charge in [0.25, 0.3) is 0 Å². The van der Waals surface area contributed by atoms with Crippen molar-refractivity contribution in [3.05, 3.63) is 22.7 Å². The maximum Gasteiger partial charge on any atom is 0.573 e. The van der Waals surface area contributed by atoms with E-state index in [-0.39, 0.29) is 23.1 Å². The highest BCUT2D eigenvalue weighted by Crippen LogP contribution is 2.35. The quantitative estimate of drug-likeness (QED) is 0.703. The van der Waals surface area contributed by atoms with Crippen LogP contribution in [0.4, 0.5) is 18.9 Å². The zero-order valence-electron chi connectivity index (χ0n) is 10.6. The summed E-state index contributed by atoms with van der Waals surface area (Å²) in [6.45, 7) is -0.164. The molecule has 2 rings (SSSR count). The number of ether oxygens (including phenoxy) is 1. The van der Waals surface area contributed by atoms with Crippen molar-refractivity contribution in [2.75, 3.05) is 11.4 Å². The summed E-state index contributed by atoms with van der Waals surface area (Å²) >= 11 is 3.04. The van der Waals surface area contributed by atoms with Crippen LogP contribution in [0.2, 0.25) is 0 Å². The molecule has 1 aromatic rings. The average Bonchev–Trinajstić information content (AvgIpc) is 2.69. The van der Waals surface area contributed by atoms with Gasteiger partial charge in [-0.15, -0.1) is 13.2 Å². The predicted molar refractivity (Wildman–Crippen MR) is 76.4 cm³/mol. The van der Waals surface area contributed by atoms with Gasteiger partial charge in [-0.05, 0) is 34.1 Å². The number of anilines is 1. The van der Waals surface area contributed by atoms with Gasteiger partial charge < -0.3 is 9.64 Å². The first kappa shape index (κ1) is 17.4. The van der Waals surface area contributed by atoms with Crippen LogP contribution in [0.3, 0.4) is 0 Å². The molecule has 1 aliphatic heterocycles. The van der Waals surface area contributed by atoms with E-state index in [2.05, 4.69) is 20.7 Å². The first-order valence-electron chi connectivity index (χ1n) is 5.76. The van der Waals surface area contributed by atoms with Gasteiger partial charge in [0.15, 0.2) is 0 Å². The molecule has 5 nitrogen and oxygen atoms in total. The molecule has 0 spiro atoms. The van der Waals surface area contributed by atoms with Crippen LogP contribution in [0, 0.1) is 0 Å². The lowest BCUT2D eigenvalue weighted by atomic mass is 10.3. The standard InChI is InChI=1S/C11H8BrClF3NO4S/c12-8-3-6(21-11(14,15)16)1-2-9(8)17-5-7(4-10(17)18)22(13,19)20/h1-3,7H,4-5H2. The number of hydrogen-bond donors (Lipinski definition) is 0. The molecule has 22 heavy (non-hydrogen) atoms. The first-order chi connectivity index (χ1) is 9.97. The van der Waals surface area contributed by atoms with Crippen LogP contribution in [0.5, 0.6) is 5.75 Å². The number of rotatable bonds is 3. The van der Waals surface area contributed by atoms with Gasteiger partial charge in [0, 0.05) is 28.1 Å². The smallest absolute Gasteiger partial charge is 0.406 e. The second-order valence-electron chi connectivity index (χ2n) is 4.47. The summed E-state index contributed by atoms with van der Waals surface area (Å²) in [6, 6.07) is 3.30. The van der Waals surface area contributed by atoms with Crippen molar-refractivity contribution in [3.8, 4) is 5.75 Å². The minimum absolute atomic E-state index is 0.162. The van der Waals surface area contributed by atoms with Gasteiger partial charge >= 0.3 is 6.36 Å². The van der Waals surface area contributed by atoms with Crippen molar-refractivity contribution in [1.82, 2.24) is 0 Å². The number of amides is 1. The Bertz CT molecular complexity index is 710. The van der Waals surface area contributed by atoms with Crippen LogP contribution >= 0.6 is 26.6 Å². The Balaban J connectivity index is 2.25. The van der Waals surface area contributed by atoms with Crippen molar-refractivity contribution in [2.45, 2.75) is 18.0 Å². The fourth-order valence-electron chi connectivity index (χ4n) is 2.00. The summed E-state index contributed by atoms with van der Waals surface area (Å²) in [6.07, 6.45) is -5.11. The fourth-order valence-corrected chi connectivity index (χ4v) is 3.60. The summed E-state index contributed by atoms with van der Waals surface area (Å²) < 4.78 is 62.9. The lowest BCUT2D eigenvalue weighted by Crippen LogP contribution is -2.27. The van der Waals surface area contributed by atoms with Gasteiger partial charge in [0.1, 0.15) is 11.0 Å². The third-order valence-corrected chi connectivity index (χ3v) is 5.43. The highest BCUT2D eigenvalue weighted by Gasteiger charge is 2.39. The maximum absolute atomic E-state index is 12.1. The molecular weight excluding hydrogens is 415 g/mol. The highest BCUT2D eigenvalue weighted by atomic mass is 79.9. The van der Waals surface area contributed by atoms with E-state index in [9.17, 15) is 26.4 Å². The molecule has 122 valence electrons. The molecule has 1 aliphatic rings. The van der Waals surface area contributed by atoms with Crippen LogP contribution in [0.15, 0.2) is 22.7 Å². The molecule has 0 bridgehead atoms. The van der Waals surface area contributed by atoms with E-state index in [4.69, 9.17) is 10.7 Å². The lowest BCUT2D eigenvalue weighted by molar-refractivity contribution is -0.274. The normalized spacial score (nSPS) is 19.6. The molecule has 0 N–H and O–H groups in total. The van der Waals surface area contributed by atoms with E-state index in [0.717, 1.165) is 17.0 Å². The van der Waals surface area contributed by atoms with Gasteiger partial charge in [0.2, 0.25) is 15.0 Å². The van der Waals surface area contributed by atoms with E-state index < -0.39 is 32.3 Å². The Morgan fingerprint density at radius 3 is 2.45 bits per heavy atom. The van der Waals surface area contributed by atoms with Gasteiger partial charge in [-0.2, -0.15) is 0 Å². The number of alkyl halides is 3. The van der Waals surface area contributed by atoms with Crippen molar-refractivity contribution >= 4 is 47.3 Å². The Kier molecular flexibility index (Phi) is 4.65. The average molecular weight is 423 g/mol. The fraction of sp³-hybridized carbons (Fsp3) is 0.364. The molecule has 0 radical (unpaired) electrons. The molecule has 0 aliphatic carbocycles. The molecular formula is C11H8BrClF3NO4S. The van der Waals surface area contributed by atoms with E-state index >= 15 is 0 Å². The van der Waals surface area contributed by atoms with Crippen LogP contribution in [-0.4, -0.2) is 32.5 Å². The molecule has 1 unspecified atom stereocenters. The van der Waals surface area contributed by atoms with Gasteiger partial charge in [-0.1, -0.05) is 0 Å². The molecule has 11 heteroatoms. The maximum atomic E-state index is 12.1. The zero-order valence-corrected chi connectivity index (χ0v) is 13.8. The number of hydrogen-bond acceptors (Lipinski definition) is 4. The van der Waals surface area contributed by atoms with Gasteiger partial charge in [-0.3, -0.25) is 4.79 Å². The predicted octanol–water partition coefficient (Wildman–Crippen LogP) is 3.02. The molecule has 0 saturated carbocycles. The minimum Gasteiger partial charge on any atom is -0.406 e. The van der Waals surface area contributed by atoms with Crippen molar-refractivity contribution in [3.63, 3.8) is 0 Å². The molecule has 1 heterocycles. The van der Waals surface area contributed by atoms with Crippen LogP contribution in [0.25, 0.3) is 0 Å². The SMILES string of the molecule is O=C1CC(S(=O)(=O)Cl)CN1c1ccc(OC(F)(F)F)cc1Br. The molecule has 0 aromatic heterocycles. The zero-order chi connectivity index (χ0) is 16.7. The summed E-state index contributed by atoms with van der Waals surface area (Å²) in [4.78, 5) is 13.0. The molecule has 1 fully saturated rings. The summed E-state index contributed by atoms with van der Waals surface area (Å²) in [5.74, 6) is -0.948. The second-order valence-corrected chi connectivity index (χ2v) is 8.23. The van der Waals surface area contributed by atoms with Gasteiger partial charge in [0.05, 0.1) is 5.69 Å². The van der Waals surface area contributed by atoms with Crippen LogP contribution in [0.1, 0.15) is 6.42 Å². The summed E-state index contributed by atoms with van der Waals surface area (Å²) in [5, 5.41) is -1.06. The molecule has 1 aromatic carbocycles. The number of carbonyl (C=O) groups is 1. The minimum atomic E-state index is -4.83.